The Morgan fingerprint density at radius 3 is 2.67 bits per heavy atom. The second kappa shape index (κ2) is 6.51. The lowest BCUT2D eigenvalue weighted by molar-refractivity contribution is 0.0593. The molecule has 0 aliphatic carbocycles. The van der Waals surface area contributed by atoms with Gasteiger partial charge in [0.2, 0.25) is 5.88 Å². The van der Waals surface area contributed by atoms with Gasteiger partial charge in [-0.1, -0.05) is 23.2 Å². The third-order valence-corrected chi connectivity index (χ3v) is 3.96. The summed E-state index contributed by atoms with van der Waals surface area (Å²) in [5.41, 5.74) is 6.09. The average molecular weight is 392 g/mol. The minimum Gasteiger partial charge on any atom is -0.464 e. The third kappa shape index (κ3) is 3.58. The van der Waals surface area contributed by atoms with Gasteiger partial charge in [0.25, 0.3) is 0 Å². The van der Waals surface area contributed by atoms with E-state index in [1.54, 1.807) is 6.07 Å². The number of esters is 1. The minimum atomic E-state index is -0.597. The highest BCUT2D eigenvalue weighted by Gasteiger charge is 2.14. The van der Waals surface area contributed by atoms with Gasteiger partial charge in [0.05, 0.1) is 22.8 Å². The molecule has 1 heterocycles. The summed E-state index contributed by atoms with van der Waals surface area (Å²) in [5, 5.41) is 0.730. The normalized spacial score (nSPS) is 10.3. The zero-order valence-corrected chi connectivity index (χ0v) is 13.8. The number of ether oxygens (including phenoxy) is 2. The van der Waals surface area contributed by atoms with Crippen LogP contribution in [-0.2, 0) is 4.74 Å². The highest BCUT2D eigenvalue weighted by molar-refractivity contribution is 9.10. The first-order valence-electron chi connectivity index (χ1n) is 5.59. The topological polar surface area (TPSA) is 74.4 Å². The van der Waals surface area contributed by atoms with Crippen LogP contribution in [-0.4, -0.2) is 18.1 Å². The van der Waals surface area contributed by atoms with Gasteiger partial charge in [0.15, 0.2) is 5.69 Å². The number of rotatable bonds is 3. The molecule has 110 valence electrons. The number of carbonyl (C=O) groups is 1. The van der Waals surface area contributed by atoms with Gasteiger partial charge in [-0.05, 0) is 34.1 Å². The standard InChI is InChI=1S/C13H9BrCl2N2O3/c1-20-13(19)10-3-2-9(17)12(18-10)21-11-5-7(15)6(14)4-8(11)16/h2-5H,17H2,1H3. The van der Waals surface area contributed by atoms with Gasteiger partial charge in [0, 0.05) is 10.5 Å². The maximum absolute atomic E-state index is 11.5. The van der Waals surface area contributed by atoms with Crippen molar-refractivity contribution in [2.24, 2.45) is 0 Å². The lowest BCUT2D eigenvalue weighted by Crippen LogP contribution is -2.06. The number of nitrogens with two attached hydrogens (primary N) is 1. The van der Waals surface area contributed by atoms with Gasteiger partial charge >= 0.3 is 5.97 Å². The molecule has 5 nitrogen and oxygen atoms in total. The molecule has 2 rings (SSSR count). The molecule has 0 amide bonds. The number of methoxy groups -OCH3 is 1. The van der Waals surface area contributed by atoms with Gasteiger partial charge < -0.3 is 15.2 Å². The second-order valence-corrected chi connectivity index (χ2v) is 5.55. The van der Waals surface area contributed by atoms with E-state index in [2.05, 4.69) is 25.7 Å². The predicted octanol–water partition coefficient (Wildman–Crippen LogP) is 4.31. The SMILES string of the molecule is COC(=O)c1ccc(N)c(Oc2cc(Cl)c(Br)cc2Cl)n1. The van der Waals surface area contributed by atoms with Crippen molar-refractivity contribution in [3.63, 3.8) is 0 Å². The van der Waals surface area contributed by atoms with Crippen LogP contribution in [0.3, 0.4) is 0 Å². The summed E-state index contributed by atoms with van der Waals surface area (Å²) in [6, 6.07) is 6.02. The first-order chi connectivity index (χ1) is 9.92. The Morgan fingerprint density at radius 1 is 1.29 bits per heavy atom. The number of hydrogen-bond donors (Lipinski definition) is 1. The number of hydrogen-bond acceptors (Lipinski definition) is 5. The van der Waals surface area contributed by atoms with Gasteiger partial charge in [-0.15, -0.1) is 0 Å². The van der Waals surface area contributed by atoms with Crippen LogP contribution in [0.25, 0.3) is 0 Å². The Morgan fingerprint density at radius 2 is 2.00 bits per heavy atom. The molecule has 0 fully saturated rings. The van der Waals surface area contributed by atoms with E-state index in [-0.39, 0.29) is 23.0 Å². The van der Waals surface area contributed by atoms with Crippen molar-refractivity contribution in [2.75, 3.05) is 12.8 Å². The fraction of sp³-hybridized carbons (Fsp3) is 0.0769. The van der Waals surface area contributed by atoms with Crippen molar-refractivity contribution in [3.05, 3.63) is 44.5 Å². The number of nitrogens with zero attached hydrogens (tertiary/aromatic N) is 1. The average Bonchev–Trinajstić information content (AvgIpc) is 2.46. The molecule has 2 N–H and O–H groups in total. The van der Waals surface area contributed by atoms with Crippen molar-refractivity contribution in [2.45, 2.75) is 0 Å². The number of pyridine rings is 1. The molecule has 0 radical (unpaired) electrons. The number of benzene rings is 1. The summed E-state index contributed by atoms with van der Waals surface area (Å²) in [6.45, 7) is 0. The molecule has 21 heavy (non-hydrogen) atoms. The van der Waals surface area contributed by atoms with Gasteiger partial charge in [-0.2, -0.15) is 0 Å². The van der Waals surface area contributed by atoms with Crippen LogP contribution < -0.4 is 10.5 Å². The molecule has 0 atom stereocenters. The fourth-order valence-corrected chi connectivity index (χ4v) is 2.27. The summed E-state index contributed by atoms with van der Waals surface area (Å²) in [5.74, 6) is -0.288. The van der Waals surface area contributed by atoms with Crippen molar-refractivity contribution >= 4 is 50.8 Å². The van der Waals surface area contributed by atoms with Crippen LogP contribution in [0.15, 0.2) is 28.7 Å². The summed E-state index contributed by atoms with van der Waals surface area (Å²) in [7, 11) is 1.26. The molecular formula is C13H9BrCl2N2O3. The number of halogens is 3. The predicted molar refractivity (Wildman–Crippen MR) is 84.2 cm³/mol. The highest BCUT2D eigenvalue weighted by Crippen LogP contribution is 2.37. The molecule has 0 saturated heterocycles. The van der Waals surface area contributed by atoms with Crippen LogP contribution in [0.1, 0.15) is 10.5 Å². The molecule has 0 saturated carbocycles. The highest BCUT2D eigenvalue weighted by atomic mass is 79.9. The molecule has 1 aromatic carbocycles. The molecule has 0 aliphatic heterocycles. The Hall–Kier alpha value is -1.50. The molecule has 0 aliphatic rings. The maximum atomic E-state index is 11.5. The van der Waals surface area contributed by atoms with E-state index in [0.717, 1.165) is 0 Å². The zero-order valence-electron chi connectivity index (χ0n) is 10.7. The Labute approximate surface area is 139 Å². The van der Waals surface area contributed by atoms with Crippen LogP contribution in [0.4, 0.5) is 5.69 Å². The largest absolute Gasteiger partial charge is 0.464 e. The molecule has 0 unspecified atom stereocenters. The summed E-state index contributed by atoms with van der Waals surface area (Å²) in [4.78, 5) is 15.5. The van der Waals surface area contributed by atoms with E-state index in [1.807, 2.05) is 0 Å². The first-order valence-corrected chi connectivity index (χ1v) is 7.14. The van der Waals surface area contributed by atoms with E-state index in [4.69, 9.17) is 33.7 Å². The van der Waals surface area contributed by atoms with E-state index in [9.17, 15) is 4.79 Å². The molecule has 8 heteroatoms. The van der Waals surface area contributed by atoms with Crippen molar-refractivity contribution in [3.8, 4) is 11.6 Å². The van der Waals surface area contributed by atoms with Gasteiger partial charge in [0.1, 0.15) is 5.75 Å². The van der Waals surface area contributed by atoms with Gasteiger partial charge in [-0.3, -0.25) is 0 Å². The third-order valence-electron chi connectivity index (χ3n) is 2.47. The molecule has 2 aromatic rings. The van der Waals surface area contributed by atoms with E-state index >= 15 is 0 Å². The molecular weight excluding hydrogens is 383 g/mol. The monoisotopic (exact) mass is 390 g/mol. The Bertz CT molecular complexity index is 710. The van der Waals surface area contributed by atoms with Crippen LogP contribution in [0.2, 0.25) is 10.0 Å². The molecule has 0 spiro atoms. The molecule has 0 bridgehead atoms. The van der Waals surface area contributed by atoms with E-state index < -0.39 is 5.97 Å². The minimum absolute atomic E-state index is 0.0400. The summed E-state index contributed by atoms with van der Waals surface area (Å²) >= 11 is 15.3. The second-order valence-electron chi connectivity index (χ2n) is 3.88. The summed E-state index contributed by atoms with van der Waals surface area (Å²) < 4.78 is 10.7. The zero-order chi connectivity index (χ0) is 15.6. The first kappa shape index (κ1) is 15.9. The molecule has 1 aromatic heterocycles. The fourth-order valence-electron chi connectivity index (χ4n) is 1.44. The number of aromatic nitrogens is 1. The Balaban J connectivity index is 2.39. The number of nitrogen functional groups attached to an aromatic ring is 1. The lowest BCUT2D eigenvalue weighted by Gasteiger charge is -2.11. The van der Waals surface area contributed by atoms with Gasteiger partial charge in [-0.25, -0.2) is 9.78 Å². The van der Waals surface area contributed by atoms with Crippen LogP contribution >= 0.6 is 39.1 Å². The summed E-state index contributed by atoms with van der Waals surface area (Å²) in [6.07, 6.45) is 0. The maximum Gasteiger partial charge on any atom is 0.356 e. The quantitative estimate of drug-likeness (QED) is 0.623. The van der Waals surface area contributed by atoms with Crippen molar-refractivity contribution in [1.29, 1.82) is 0 Å². The smallest absolute Gasteiger partial charge is 0.356 e. The van der Waals surface area contributed by atoms with Crippen molar-refractivity contribution in [1.82, 2.24) is 4.98 Å². The van der Waals surface area contributed by atoms with E-state index in [1.165, 1.54) is 25.3 Å². The van der Waals surface area contributed by atoms with Crippen LogP contribution in [0, 0.1) is 0 Å². The van der Waals surface area contributed by atoms with Crippen molar-refractivity contribution < 1.29 is 14.3 Å². The van der Waals surface area contributed by atoms with E-state index in [0.29, 0.717) is 14.5 Å². The number of anilines is 1. The Kier molecular flexibility index (Phi) is 4.92. The lowest BCUT2D eigenvalue weighted by atomic mass is 10.3. The number of carbonyl (C=O) groups excluding carboxylic acids is 1. The van der Waals surface area contributed by atoms with Crippen LogP contribution in [0.5, 0.6) is 11.6 Å².